The van der Waals surface area contributed by atoms with Gasteiger partial charge in [0.15, 0.2) is 11.4 Å². The van der Waals surface area contributed by atoms with Crippen LogP contribution in [0.25, 0.3) is 34.4 Å². The third kappa shape index (κ3) is 6.71. The van der Waals surface area contributed by atoms with Gasteiger partial charge in [0.2, 0.25) is 23.3 Å². The highest BCUT2D eigenvalue weighted by molar-refractivity contribution is 9.10. The molecule has 0 fully saturated rings. The molecule has 0 atom stereocenters. The van der Waals surface area contributed by atoms with Gasteiger partial charge in [-0.3, -0.25) is 9.05 Å². The van der Waals surface area contributed by atoms with Gasteiger partial charge in [-0.1, -0.05) is 10.3 Å². The van der Waals surface area contributed by atoms with Crippen LogP contribution in [0.3, 0.4) is 0 Å². The largest absolute Gasteiger partial charge is 0.508 e. The molecule has 4 heterocycles. The smallest absolute Gasteiger partial charge is 0.432 e. The van der Waals surface area contributed by atoms with Crippen LogP contribution in [0, 0.1) is 11.6 Å². The lowest BCUT2D eigenvalue weighted by molar-refractivity contribution is 0.0609. The first-order valence-electron chi connectivity index (χ1n) is 13.2. The molecule has 0 aliphatic carbocycles. The number of aromatic nitrogens is 8. The van der Waals surface area contributed by atoms with Crippen LogP contribution in [-0.2, 0) is 9.47 Å². The molecule has 6 aromatic rings. The van der Waals surface area contributed by atoms with Gasteiger partial charge in [-0.2, -0.15) is 0 Å². The topological polar surface area (TPSA) is 233 Å². The summed E-state index contributed by atoms with van der Waals surface area (Å²) < 4.78 is 58.8. The molecule has 48 heavy (non-hydrogen) atoms. The summed E-state index contributed by atoms with van der Waals surface area (Å²) in [7, 11) is 0. The number of benzene rings is 2. The second-order valence-electron chi connectivity index (χ2n) is 9.14. The zero-order valence-corrected chi connectivity index (χ0v) is 26.7. The fourth-order valence-electron chi connectivity index (χ4n) is 4.05. The number of halogens is 4. The van der Waals surface area contributed by atoms with Gasteiger partial charge in [-0.25, -0.2) is 41.6 Å². The number of carbonyl (C=O) groups is 1. The lowest BCUT2D eigenvalue weighted by Crippen LogP contribution is -2.19. The molecule has 0 bridgehead atoms. The van der Waals surface area contributed by atoms with Crippen LogP contribution in [-0.4, -0.2) is 72.5 Å². The molecule has 0 spiro atoms. The third-order valence-electron chi connectivity index (χ3n) is 6.16. The van der Waals surface area contributed by atoms with Gasteiger partial charge in [-0.15, -0.1) is 0 Å². The highest BCUT2D eigenvalue weighted by Crippen LogP contribution is 2.27. The molecule has 0 aliphatic rings. The summed E-state index contributed by atoms with van der Waals surface area (Å²) in [5.74, 6) is -2.91. The number of rotatable bonds is 12. The molecule has 23 heteroatoms. The normalized spacial score (nSPS) is 11.1. The first-order chi connectivity index (χ1) is 23.2. The van der Waals surface area contributed by atoms with Crippen molar-refractivity contribution in [3.8, 4) is 34.4 Å². The van der Waals surface area contributed by atoms with E-state index in [0.717, 1.165) is 21.3 Å². The van der Waals surface area contributed by atoms with Crippen molar-refractivity contribution in [3.63, 3.8) is 0 Å². The molecule has 4 aromatic heterocycles. The number of nitrogens with one attached hydrogen (secondary N) is 2. The number of ether oxygens (including phenoxy) is 2. The van der Waals surface area contributed by atoms with Crippen molar-refractivity contribution in [2.75, 3.05) is 36.9 Å². The van der Waals surface area contributed by atoms with E-state index in [9.17, 15) is 23.2 Å². The summed E-state index contributed by atoms with van der Waals surface area (Å²) in [5.41, 5.74) is 0.438. The van der Waals surface area contributed by atoms with Crippen molar-refractivity contribution in [2.45, 2.75) is 0 Å². The van der Waals surface area contributed by atoms with Crippen LogP contribution in [0.2, 0.25) is 0 Å². The standard InChI is InChI=1S/C25H16Br2F2N10O9/c26-13-9-11(1-3-15(13)28)38-21(36-45-23(38)40)17-19(34-47-32-17)30-5-7-43-25(42)44-8-6-31-20-18(33-48-35-20)22-37-46-24(41)39(22)12-2-4-16(29)14(27)10-12/h1-4,9-10H,5-8H2,(H,30,34)(H,31,35). The molecule has 0 aliphatic heterocycles. The van der Waals surface area contributed by atoms with Gasteiger partial charge in [0.1, 0.15) is 24.8 Å². The fourth-order valence-corrected chi connectivity index (χ4v) is 4.79. The summed E-state index contributed by atoms with van der Waals surface area (Å²) in [5, 5.41) is 28.0. The molecule has 2 N–H and O–H groups in total. The van der Waals surface area contributed by atoms with Gasteiger partial charge in [-0.05, 0) is 88.9 Å². The summed E-state index contributed by atoms with van der Waals surface area (Å²) >= 11 is 6.12. The Hall–Kier alpha value is -5.71. The zero-order chi connectivity index (χ0) is 33.8. The minimum atomic E-state index is -1.00. The van der Waals surface area contributed by atoms with E-state index in [-0.39, 0.29) is 81.3 Å². The summed E-state index contributed by atoms with van der Waals surface area (Å²) in [6.07, 6.45) is -1.00. The van der Waals surface area contributed by atoms with Crippen LogP contribution in [0.1, 0.15) is 0 Å². The third-order valence-corrected chi connectivity index (χ3v) is 7.38. The van der Waals surface area contributed by atoms with E-state index >= 15 is 0 Å². The molecular formula is C25H16Br2F2N10O9. The Labute approximate surface area is 279 Å². The van der Waals surface area contributed by atoms with Crippen LogP contribution < -0.4 is 22.1 Å². The quantitative estimate of drug-likeness (QED) is 0.133. The highest BCUT2D eigenvalue weighted by atomic mass is 79.9. The molecular weight excluding hydrogens is 782 g/mol. The minimum absolute atomic E-state index is 0.00943. The lowest BCUT2D eigenvalue weighted by Gasteiger charge is -2.08. The molecule has 19 nitrogen and oxygen atoms in total. The van der Waals surface area contributed by atoms with E-state index < -0.39 is 29.3 Å². The Kier molecular flexibility index (Phi) is 9.38. The zero-order valence-electron chi connectivity index (χ0n) is 23.6. The van der Waals surface area contributed by atoms with Crippen LogP contribution in [0.4, 0.5) is 25.2 Å². The Balaban J connectivity index is 0.991. The SMILES string of the molecule is O=C(OCCNc1nonc1-c1noc(=O)n1-c1ccc(F)c(Br)c1)OCCNc1nonc1-c1noc(=O)n1-c1ccc(F)c(Br)c1. The van der Waals surface area contributed by atoms with Gasteiger partial charge in [0.05, 0.1) is 33.4 Å². The van der Waals surface area contributed by atoms with Crippen molar-refractivity contribution >= 4 is 49.7 Å². The number of carbonyl (C=O) groups excluding carboxylic acids is 1. The van der Waals surface area contributed by atoms with Crippen molar-refractivity contribution < 1.29 is 41.4 Å². The number of hydrogen-bond donors (Lipinski definition) is 2. The van der Waals surface area contributed by atoms with Crippen molar-refractivity contribution in [1.29, 1.82) is 0 Å². The Bertz CT molecular complexity index is 2060. The molecule has 0 saturated heterocycles. The maximum absolute atomic E-state index is 13.7. The summed E-state index contributed by atoms with van der Waals surface area (Å²) in [4.78, 5) is 36.7. The van der Waals surface area contributed by atoms with E-state index in [2.05, 4.69) is 73.4 Å². The maximum atomic E-state index is 13.7. The Morgan fingerprint density at radius 1 is 0.708 bits per heavy atom. The van der Waals surface area contributed by atoms with Gasteiger partial charge >= 0.3 is 17.7 Å². The second kappa shape index (κ2) is 14.0. The molecule has 0 radical (unpaired) electrons. The number of nitrogens with zero attached hydrogens (tertiary/aromatic N) is 8. The van der Waals surface area contributed by atoms with Gasteiger partial charge < -0.3 is 20.1 Å². The lowest BCUT2D eigenvalue weighted by atomic mass is 10.3. The minimum Gasteiger partial charge on any atom is -0.432 e. The average molecular weight is 798 g/mol. The van der Waals surface area contributed by atoms with E-state index in [4.69, 9.17) is 27.8 Å². The molecule has 0 unspecified atom stereocenters. The molecule has 248 valence electrons. The fraction of sp³-hybridized carbons (Fsp3) is 0.160. The number of anilines is 2. The van der Waals surface area contributed by atoms with Crippen LogP contribution in [0.5, 0.6) is 0 Å². The van der Waals surface area contributed by atoms with Crippen LogP contribution >= 0.6 is 31.9 Å². The van der Waals surface area contributed by atoms with E-state index in [1.54, 1.807) is 0 Å². The molecule has 6 rings (SSSR count). The summed E-state index contributed by atoms with van der Waals surface area (Å²) in [6.45, 7) is -0.348. The predicted molar refractivity (Wildman–Crippen MR) is 160 cm³/mol. The van der Waals surface area contributed by atoms with Crippen molar-refractivity contribution in [2.24, 2.45) is 0 Å². The molecule has 2 aromatic carbocycles. The maximum Gasteiger partial charge on any atom is 0.508 e. The van der Waals surface area contributed by atoms with E-state index in [1.165, 1.54) is 24.3 Å². The average Bonchev–Trinajstić information content (AvgIpc) is 3.87. The Morgan fingerprint density at radius 3 is 1.56 bits per heavy atom. The van der Waals surface area contributed by atoms with Crippen molar-refractivity contribution in [1.82, 2.24) is 40.1 Å². The van der Waals surface area contributed by atoms with Gasteiger partial charge in [0.25, 0.3) is 0 Å². The van der Waals surface area contributed by atoms with Crippen molar-refractivity contribution in [3.05, 3.63) is 78.1 Å². The molecule has 0 amide bonds. The number of hydrogen-bond acceptors (Lipinski definition) is 17. The Morgan fingerprint density at radius 2 is 1.15 bits per heavy atom. The van der Waals surface area contributed by atoms with Crippen LogP contribution in [0.15, 0.2) is 73.2 Å². The molecule has 0 saturated carbocycles. The summed E-state index contributed by atoms with van der Waals surface area (Å²) in [6, 6.07) is 7.66. The predicted octanol–water partition coefficient (Wildman–Crippen LogP) is 3.54. The van der Waals surface area contributed by atoms with Gasteiger partial charge in [0, 0.05) is 0 Å². The highest BCUT2D eigenvalue weighted by Gasteiger charge is 2.24. The monoisotopic (exact) mass is 796 g/mol. The van der Waals surface area contributed by atoms with E-state index in [1.807, 2.05) is 0 Å². The first kappa shape index (κ1) is 32.2. The second-order valence-corrected chi connectivity index (χ2v) is 10.8. The van der Waals surface area contributed by atoms with E-state index in [0.29, 0.717) is 0 Å². The first-order valence-corrected chi connectivity index (χ1v) is 14.8.